The summed E-state index contributed by atoms with van der Waals surface area (Å²) in [7, 11) is 0. The molecule has 152 valence electrons. The van der Waals surface area contributed by atoms with Crippen LogP contribution in [0, 0.1) is 0 Å². The van der Waals surface area contributed by atoms with Crippen LogP contribution in [0.15, 0.2) is 63.4 Å². The highest BCUT2D eigenvalue weighted by molar-refractivity contribution is 7.99. The molecule has 1 aliphatic rings. The van der Waals surface area contributed by atoms with Gasteiger partial charge in [0, 0.05) is 28.1 Å². The van der Waals surface area contributed by atoms with Crippen molar-refractivity contribution in [2.45, 2.75) is 35.5 Å². The Labute approximate surface area is 181 Å². The van der Waals surface area contributed by atoms with Crippen LogP contribution in [0.1, 0.15) is 12.8 Å². The molecule has 0 spiro atoms. The molecule has 9 heteroatoms. The summed E-state index contributed by atoms with van der Waals surface area (Å²) in [5.41, 5.74) is 2.27. The minimum Gasteiger partial charge on any atom is -0.376 e. The van der Waals surface area contributed by atoms with Gasteiger partial charge in [-0.1, -0.05) is 41.9 Å². The number of aromatic nitrogens is 5. The number of nitrogens with zero attached hydrogens (tertiary/aromatic N) is 4. The second kappa shape index (κ2) is 8.22. The van der Waals surface area contributed by atoms with Gasteiger partial charge >= 0.3 is 0 Å². The lowest BCUT2D eigenvalue weighted by molar-refractivity contribution is 0.0912. The molecule has 0 bridgehead atoms. The van der Waals surface area contributed by atoms with E-state index in [-0.39, 0.29) is 11.7 Å². The molecule has 2 aromatic heterocycles. The Bertz CT molecular complexity index is 1250. The third-order valence-corrected chi connectivity index (χ3v) is 6.39. The summed E-state index contributed by atoms with van der Waals surface area (Å²) >= 11 is 7.54. The first-order valence-electron chi connectivity index (χ1n) is 9.65. The van der Waals surface area contributed by atoms with E-state index in [2.05, 4.69) is 20.5 Å². The number of hydrogen-bond acceptors (Lipinski definition) is 6. The van der Waals surface area contributed by atoms with Gasteiger partial charge in [-0.3, -0.25) is 4.79 Å². The number of halogens is 1. The van der Waals surface area contributed by atoms with Crippen molar-refractivity contribution in [2.75, 3.05) is 6.61 Å². The fourth-order valence-electron chi connectivity index (χ4n) is 3.69. The second-order valence-corrected chi connectivity index (χ2v) is 8.51. The molecule has 5 rings (SSSR count). The largest absolute Gasteiger partial charge is 0.376 e. The van der Waals surface area contributed by atoms with Crippen molar-refractivity contribution in [3.8, 4) is 11.1 Å². The van der Waals surface area contributed by atoms with Crippen molar-refractivity contribution in [1.82, 2.24) is 25.2 Å². The van der Waals surface area contributed by atoms with Gasteiger partial charge in [0.2, 0.25) is 5.16 Å². The van der Waals surface area contributed by atoms with E-state index < -0.39 is 0 Å². The van der Waals surface area contributed by atoms with Crippen molar-refractivity contribution in [3.05, 3.63) is 63.9 Å². The minimum atomic E-state index is -0.194. The van der Waals surface area contributed by atoms with E-state index in [1.807, 2.05) is 42.5 Å². The number of hydrogen-bond donors (Lipinski definition) is 1. The number of fused-ring (bicyclic) bond motifs is 1. The summed E-state index contributed by atoms with van der Waals surface area (Å²) in [6.45, 7) is 1.33. The van der Waals surface area contributed by atoms with Crippen molar-refractivity contribution < 1.29 is 4.74 Å². The van der Waals surface area contributed by atoms with Crippen LogP contribution in [-0.2, 0) is 11.3 Å². The lowest BCUT2D eigenvalue weighted by Gasteiger charge is -2.14. The molecule has 3 heterocycles. The number of rotatable bonds is 5. The number of nitrogens with one attached hydrogen (secondary N) is 1. The molecule has 1 saturated heterocycles. The first-order chi connectivity index (χ1) is 14.7. The van der Waals surface area contributed by atoms with Crippen LogP contribution in [-0.4, -0.2) is 37.9 Å². The predicted octanol–water partition coefficient (Wildman–Crippen LogP) is 4.17. The molecule has 0 radical (unpaired) electrons. The zero-order valence-corrected chi connectivity index (χ0v) is 17.5. The summed E-state index contributed by atoms with van der Waals surface area (Å²) in [4.78, 5) is 16.6. The van der Waals surface area contributed by atoms with Crippen LogP contribution in [0.3, 0.4) is 0 Å². The minimum absolute atomic E-state index is 0.0927. The van der Waals surface area contributed by atoms with Gasteiger partial charge in [-0.25, -0.2) is 4.68 Å². The smallest absolute Gasteiger partial charge is 0.263 e. The molecule has 0 aliphatic carbocycles. The average Bonchev–Trinajstić information content (AvgIpc) is 3.42. The van der Waals surface area contributed by atoms with E-state index in [0.29, 0.717) is 21.6 Å². The lowest BCUT2D eigenvalue weighted by Crippen LogP contribution is -2.17. The summed E-state index contributed by atoms with van der Waals surface area (Å²) < 4.78 is 7.42. The van der Waals surface area contributed by atoms with Crippen molar-refractivity contribution in [2.24, 2.45) is 0 Å². The third-order valence-electron chi connectivity index (χ3n) is 5.09. The van der Waals surface area contributed by atoms with E-state index in [0.717, 1.165) is 41.5 Å². The molecule has 4 aromatic rings. The van der Waals surface area contributed by atoms with Gasteiger partial charge in [0.25, 0.3) is 5.56 Å². The number of tetrazole rings is 1. The third kappa shape index (κ3) is 3.74. The molecular formula is C21H18ClN5O2S. The molecule has 1 unspecified atom stereocenters. The summed E-state index contributed by atoms with van der Waals surface area (Å²) in [6.07, 6.45) is 2.11. The molecule has 1 atom stereocenters. The molecule has 2 aromatic carbocycles. The van der Waals surface area contributed by atoms with Gasteiger partial charge in [-0.05, 0) is 58.8 Å². The Balaban J connectivity index is 1.64. The van der Waals surface area contributed by atoms with E-state index in [1.165, 1.54) is 11.8 Å². The van der Waals surface area contributed by atoms with Gasteiger partial charge < -0.3 is 9.72 Å². The molecular weight excluding hydrogens is 422 g/mol. The van der Waals surface area contributed by atoms with Crippen molar-refractivity contribution >= 4 is 34.3 Å². The second-order valence-electron chi connectivity index (χ2n) is 7.09. The maximum Gasteiger partial charge on any atom is 0.263 e. The molecule has 1 aliphatic heterocycles. The number of pyridine rings is 1. The zero-order chi connectivity index (χ0) is 20.5. The Morgan fingerprint density at radius 3 is 2.90 bits per heavy atom. The molecule has 1 fully saturated rings. The first-order valence-corrected chi connectivity index (χ1v) is 10.8. The van der Waals surface area contributed by atoms with E-state index in [9.17, 15) is 4.79 Å². The summed E-state index contributed by atoms with van der Waals surface area (Å²) in [5.74, 6) is 0. The maximum atomic E-state index is 13.1. The van der Waals surface area contributed by atoms with Gasteiger partial charge in [0.05, 0.1) is 17.5 Å². The Kier molecular flexibility index (Phi) is 5.28. The Morgan fingerprint density at radius 2 is 2.10 bits per heavy atom. The van der Waals surface area contributed by atoms with Crippen molar-refractivity contribution in [1.29, 1.82) is 0 Å². The highest BCUT2D eigenvalue weighted by Gasteiger charge is 2.22. The summed E-state index contributed by atoms with van der Waals surface area (Å²) in [5, 5.41) is 14.1. The molecule has 1 N–H and O–H groups in total. The average molecular weight is 440 g/mol. The topological polar surface area (TPSA) is 85.7 Å². The fourth-order valence-corrected chi connectivity index (χ4v) is 4.81. The first kappa shape index (κ1) is 19.3. The standard InChI is InChI=1S/C21H18ClN5O2S/c22-14-8-9-17-16(11-14)18(13-5-2-1-3-6-13)19(20(28)23-17)30-21-24-25-26-27(21)12-15-7-4-10-29-15/h1-3,5-6,8-9,11,15H,4,7,10,12H2,(H,23,28). The monoisotopic (exact) mass is 439 g/mol. The van der Waals surface area contributed by atoms with Gasteiger partial charge in [0.15, 0.2) is 0 Å². The normalized spacial score (nSPS) is 16.4. The zero-order valence-electron chi connectivity index (χ0n) is 15.9. The van der Waals surface area contributed by atoms with Crippen LogP contribution in [0.25, 0.3) is 22.0 Å². The van der Waals surface area contributed by atoms with E-state index in [4.69, 9.17) is 16.3 Å². The number of aromatic amines is 1. The SMILES string of the molecule is O=c1[nH]c2ccc(Cl)cc2c(-c2ccccc2)c1Sc1nnnn1CC1CCCO1. The van der Waals surface area contributed by atoms with Crippen molar-refractivity contribution in [3.63, 3.8) is 0 Å². The highest BCUT2D eigenvalue weighted by atomic mass is 35.5. The van der Waals surface area contributed by atoms with Crippen LogP contribution < -0.4 is 5.56 Å². The molecule has 30 heavy (non-hydrogen) atoms. The van der Waals surface area contributed by atoms with Crippen LogP contribution >= 0.6 is 23.4 Å². The van der Waals surface area contributed by atoms with Crippen LogP contribution in [0.4, 0.5) is 0 Å². The van der Waals surface area contributed by atoms with Crippen LogP contribution in [0.2, 0.25) is 5.02 Å². The lowest BCUT2D eigenvalue weighted by atomic mass is 10.0. The molecule has 7 nitrogen and oxygen atoms in total. The van der Waals surface area contributed by atoms with Gasteiger partial charge in [-0.15, -0.1) is 5.10 Å². The van der Waals surface area contributed by atoms with E-state index in [1.54, 1.807) is 10.7 Å². The number of ether oxygens (including phenoxy) is 1. The van der Waals surface area contributed by atoms with E-state index >= 15 is 0 Å². The Hall–Kier alpha value is -2.68. The predicted molar refractivity (Wildman–Crippen MR) is 116 cm³/mol. The highest BCUT2D eigenvalue weighted by Crippen LogP contribution is 2.37. The number of benzene rings is 2. The molecule has 0 amide bonds. The quantitative estimate of drug-likeness (QED) is 0.502. The summed E-state index contributed by atoms with van der Waals surface area (Å²) in [6, 6.07) is 15.3. The molecule has 0 saturated carbocycles. The Morgan fingerprint density at radius 1 is 1.23 bits per heavy atom. The number of H-pyrrole nitrogens is 1. The van der Waals surface area contributed by atoms with Gasteiger partial charge in [0.1, 0.15) is 0 Å². The maximum absolute atomic E-state index is 13.1. The fraction of sp³-hybridized carbons (Fsp3) is 0.238. The van der Waals surface area contributed by atoms with Gasteiger partial charge in [-0.2, -0.15) is 0 Å². The van der Waals surface area contributed by atoms with Crippen LogP contribution in [0.5, 0.6) is 0 Å².